The number of ether oxygens (including phenoxy) is 1. The second-order valence-electron chi connectivity index (χ2n) is 4.56. The molecular weight excluding hydrogens is 270 g/mol. The number of nitrogens with zero attached hydrogens (tertiary/aromatic N) is 2. The fourth-order valence-corrected chi connectivity index (χ4v) is 2.40. The molecule has 0 aromatic carbocycles. The van der Waals surface area contributed by atoms with E-state index in [9.17, 15) is 10.1 Å². The maximum atomic E-state index is 10.9. The second kappa shape index (κ2) is 8.46. The minimum atomic E-state index is -0.360. The smallest absolute Gasteiger partial charge is 0.249 e. The third kappa shape index (κ3) is 4.07. The highest BCUT2D eigenvalue weighted by Crippen LogP contribution is 2.25. The molecule has 2 aliphatic rings. The molecule has 0 bridgehead atoms. The van der Waals surface area contributed by atoms with Gasteiger partial charge in [-0.2, -0.15) is 0 Å². The molecule has 6 nitrogen and oxygen atoms in total. The van der Waals surface area contributed by atoms with E-state index in [1.54, 1.807) is 13.0 Å². The van der Waals surface area contributed by atoms with Gasteiger partial charge in [-0.25, -0.2) is 0 Å². The van der Waals surface area contributed by atoms with Crippen molar-refractivity contribution in [2.45, 2.75) is 33.2 Å². The average molecular weight is 295 g/mol. The summed E-state index contributed by atoms with van der Waals surface area (Å²) in [5.74, 6) is 0.557. The number of fused-ring (bicyclic) bond motifs is 1. The summed E-state index contributed by atoms with van der Waals surface area (Å²) < 4.78 is 5.68. The monoisotopic (exact) mass is 295 g/mol. The summed E-state index contributed by atoms with van der Waals surface area (Å²) in [5, 5.41) is 14.2. The van der Waals surface area contributed by atoms with E-state index in [1.807, 2.05) is 13.8 Å². The lowest BCUT2D eigenvalue weighted by Gasteiger charge is -2.42. The Labute approximate surface area is 126 Å². The van der Waals surface area contributed by atoms with E-state index in [0.717, 1.165) is 25.3 Å². The number of hydrogen-bond donors (Lipinski definition) is 1. The van der Waals surface area contributed by atoms with Crippen molar-refractivity contribution in [2.75, 3.05) is 26.2 Å². The number of piperazine rings is 1. The van der Waals surface area contributed by atoms with Gasteiger partial charge in [-0.15, -0.1) is 0 Å². The highest BCUT2D eigenvalue weighted by atomic mass is 16.6. The SMILES string of the molecule is C=CC1=C(/C=C(\CC)[N+](=O)[O-])OCC2CNCCN12.CC. The summed E-state index contributed by atoms with van der Waals surface area (Å²) in [7, 11) is 0. The number of hydrogen-bond acceptors (Lipinski definition) is 5. The molecule has 118 valence electrons. The molecule has 2 heterocycles. The topological polar surface area (TPSA) is 67.6 Å². The molecule has 1 atom stereocenters. The second-order valence-corrected chi connectivity index (χ2v) is 4.56. The minimum absolute atomic E-state index is 0.155. The van der Waals surface area contributed by atoms with Gasteiger partial charge < -0.3 is 15.0 Å². The molecule has 0 radical (unpaired) electrons. The summed E-state index contributed by atoms with van der Waals surface area (Å²) in [5.41, 5.74) is 1.01. The van der Waals surface area contributed by atoms with Crippen LogP contribution in [-0.4, -0.2) is 42.1 Å². The fourth-order valence-electron chi connectivity index (χ4n) is 2.40. The molecule has 2 rings (SSSR count). The van der Waals surface area contributed by atoms with Gasteiger partial charge >= 0.3 is 0 Å². The number of nitrogens with one attached hydrogen (secondary N) is 1. The van der Waals surface area contributed by atoms with Gasteiger partial charge in [0.05, 0.1) is 22.7 Å². The van der Waals surface area contributed by atoms with Gasteiger partial charge in [0, 0.05) is 26.1 Å². The maximum Gasteiger partial charge on any atom is 0.249 e. The van der Waals surface area contributed by atoms with Crippen LogP contribution in [0.1, 0.15) is 27.2 Å². The lowest BCUT2D eigenvalue weighted by Crippen LogP contribution is -2.54. The van der Waals surface area contributed by atoms with E-state index in [1.165, 1.54) is 6.08 Å². The van der Waals surface area contributed by atoms with Gasteiger partial charge in [0.15, 0.2) is 0 Å². The van der Waals surface area contributed by atoms with Gasteiger partial charge in [-0.05, 0) is 6.08 Å². The molecule has 0 aromatic heterocycles. The molecule has 0 spiro atoms. The quantitative estimate of drug-likeness (QED) is 0.636. The maximum absolute atomic E-state index is 10.9. The van der Waals surface area contributed by atoms with Crippen LogP contribution in [-0.2, 0) is 4.74 Å². The van der Waals surface area contributed by atoms with Crippen molar-refractivity contribution in [3.8, 4) is 0 Å². The summed E-state index contributed by atoms with van der Waals surface area (Å²) >= 11 is 0. The summed E-state index contributed by atoms with van der Waals surface area (Å²) in [6, 6.07) is 0.277. The standard InChI is InChI=1S/C13H19N3O3.C2H6/c1-3-10(16(17)18)7-13-12(4-2)15-6-5-14-8-11(15)9-19-13;1-2/h4,7,11,14H,2-3,5-6,8-9H2,1H3;1-2H3/b10-7+;. The molecular formula is C15H25N3O3. The molecule has 1 fully saturated rings. The summed E-state index contributed by atoms with van der Waals surface area (Å²) in [6.45, 7) is 12.8. The normalized spacial score (nSPS) is 21.8. The van der Waals surface area contributed by atoms with Gasteiger partial charge in [0.1, 0.15) is 12.4 Å². The third-order valence-electron chi connectivity index (χ3n) is 3.43. The predicted octanol–water partition coefficient (Wildman–Crippen LogP) is 2.28. The molecule has 0 saturated carbocycles. The van der Waals surface area contributed by atoms with Crippen molar-refractivity contribution in [2.24, 2.45) is 0 Å². The van der Waals surface area contributed by atoms with Gasteiger partial charge in [0.25, 0.3) is 0 Å². The third-order valence-corrected chi connectivity index (χ3v) is 3.43. The van der Waals surface area contributed by atoms with Crippen LogP contribution in [0.3, 0.4) is 0 Å². The Bertz CT molecular complexity index is 443. The van der Waals surface area contributed by atoms with Crippen LogP contribution >= 0.6 is 0 Å². The Balaban J connectivity index is 0.00000106. The zero-order valence-corrected chi connectivity index (χ0v) is 13.1. The Morgan fingerprint density at radius 2 is 2.33 bits per heavy atom. The van der Waals surface area contributed by atoms with E-state index in [0.29, 0.717) is 18.8 Å². The van der Waals surface area contributed by atoms with Crippen LogP contribution in [0.2, 0.25) is 0 Å². The van der Waals surface area contributed by atoms with Crippen LogP contribution in [0, 0.1) is 10.1 Å². The number of rotatable bonds is 4. The first kappa shape index (κ1) is 17.2. The zero-order valence-electron chi connectivity index (χ0n) is 13.1. The van der Waals surface area contributed by atoms with Gasteiger partial charge in [0.2, 0.25) is 5.70 Å². The highest BCUT2D eigenvalue weighted by Gasteiger charge is 2.30. The van der Waals surface area contributed by atoms with Crippen LogP contribution < -0.4 is 5.32 Å². The largest absolute Gasteiger partial charge is 0.489 e. The lowest BCUT2D eigenvalue weighted by atomic mass is 10.1. The first-order valence-corrected chi connectivity index (χ1v) is 7.49. The van der Waals surface area contributed by atoms with Crippen LogP contribution in [0.4, 0.5) is 0 Å². The Hall–Kier alpha value is -1.82. The van der Waals surface area contributed by atoms with Crippen molar-refractivity contribution < 1.29 is 9.66 Å². The van der Waals surface area contributed by atoms with Crippen molar-refractivity contribution in [3.05, 3.63) is 46.0 Å². The van der Waals surface area contributed by atoms with Crippen LogP contribution in [0.5, 0.6) is 0 Å². The van der Waals surface area contributed by atoms with Crippen molar-refractivity contribution in [3.63, 3.8) is 0 Å². The lowest BCUT2D eigenvalue weighted by molar-refractivity contribution is -0.427. The van der Waals surface area contributed by atoms with E-state index in [4.69, 9.17) is 4.74 Å². The fraction of sp³-hybridized carbons (Fsp3) is 0.600. The van der Waals surface area contributed by atoms with Crippen molar-refractivity contribution >= 4 is 0 Å². The van der Waals surface area contributed by atoms with Crippen molar-refractivity contribution in [1.29, 1.82) is 0 Å². The van der Waals surface area contributed by atoms with Gasteiger partial charge in [-0.3, -0.25) is 10.1 Å². The highest BCUT2D eigenvalue weighted by molar-refractivity contribution is 5.31. The van der Waals surface area contributed by atoms with E-state index in [2.05, 4.69) is 16.8 Å². The predicted molar refractivity (Wildman–Crippen MR) is 83.3 cm³/mol. The Kier molecular flexibility index (Phi) is 6.94. The first-order valence-electron chi connectivity index (χ1n) is 7.49. The summed E-state index contributed by atoms with van der Waals surface area (Å²) in [4.78, 5) is 12.7. The first-order chi connectivity index (χ1) is 10.2. The molecule has 1 N–H and O–H groups in total. The zero-order chi connectivity index (χ0) is 15.8. The minimum Gasteiger partial charge on any atom is -0.489 e. The molecule has 21 heavy (non-hydrogen) atoms. The molecule has 2 aliphatic heterocycles. The molecule has 1 unspecified atom stereocenters. The van der Waals surface area contributed by atoms with E-state index >= 15 is 0 Å². The molecule has 0 amide bonds. The Morgan fingerprint density at radius 3 is 2.90 bits per heavy atom. The number of allylic oxidation sites excluding steroid dienone is 3. The van der Waals surface area contributed by atoms with Gasteiger partial charge in [-0.1, -0.05) is 27.4 Å². The summed E-state index contributed by atoms with van der Waals surface area (Å²) in [6.07, 6.45) is 3.61. The Morgan fingerprint density at radius 1 is 1.62 bits per heavy atom. The number of nitro groups is 1. The van der Waals surface area contributed by atoms with Crippen molar-refractivity contribution in [1.82, 2.24) is 10.2 Å². The van der Waals surface area contributed by atoms with Crippen LogP contribution in [0.25, 0.3) is 0 Å². The van der Waals surface area contributed by atoms with E-state index < -0.39 is 0 Å². The van der Waals surface area contributed by atoms with Crippen LogP contribution in [0.15, 0.2) is 35.9 Å². The molecule has 0 aliphatic carbocycles. The van der Waals surface area contributed by atoms with E-state index in [-0.39, 0.29) is 16.7 Å². The molecule has 0 aromatic rings. The average Bonchev–Trinajstić information content (AvgIpc) is 2.53. The molecule has 6 heteroatoms. The molecule has 1 saturated heterocycles.